The molecule has 1 aliphatic carbocycles. The Morgan fingerprint density at radius 3 is 2.56 bits per heavy atom. The van der Waals surface area contributed by atoms with Gasteiger partial charge in [0, 0.05) is 35.0 Å². The van der Waals surface area contributed by atoms with Crippen LogP contribution in [0.5, 0.6) is 0 Å². The van der Waals surface area contributed by atoms with Crippen molar-refractivity contribution < 1.29 is 28.8 Å². The molecule has 1 N–H and O–H groups in total. The number of ether oxygens (including phenoxy) is 2. The minimum atomic E-state index is -1.03. The van der Waals surface area contributed by atoms with E-state index in [-0.39, 0.29) is 22.8 Å². The van der Waals surface area contributed by atoms with Gasteiger partial charge in [0.05, 0.1) is 23.7 Å². The van der Waals surface area contributed by atoms with Crippen LogP contribution in [0.25, 0.3) is 0 Å². The summed E-state index contributed by atoms with van der Waals surface area (Å²) in [6.07, 6.45) is -0.0235. The molecule has 1 heterocycles. The molecule has 0 bridgehead atoms. The number of Topliss-reactive ketones (excluding diaryl/α,β-unsaturated/α-hetero) is 1. The smallest absolute Gasteiger partial charge is 0.337 e. The number of nitrogens with zero attached hydrogens (tertiary/aromatic N) is 1. The summed E-state index contributed by atoms with van der Waals surface area (Å²) in [4.78, 5) is 49.9. The topological polar surface area (TPSA) is 125 Å². The molecule has 1 aliphatic heterocycles. The van der Waals surface area contributed by atoms with E-state index in [0.29, 0.717) is 23.4 Å². The van der Waals surface area contributed by atoms with Crippen LogP contribution in [0.15, 0.2) is 46.8 Å². The zero-order valence-electron chi connectivity index (χ0n) is 18.6. The molecule has 0 saturated carbocycles. The molecule has 32 heavy (non-hydrogen) atoms. The van der Waals surface area contributed by atoms with Crippen LogP contribution in [0, 0.1) is 22.0 Å². The number of benzene rings is 1. The number of non-ortho nitro benzene ring substituents is 1. The molecule has 2 aliphatic rings. The second-order valence-corrected chi connectivity index (χ2v) is 8.34. The first kappa shape index (κ1) is 23.2. The summed E-state index contributed by atoms with van der Waals surface area (Å²) in [7, 11) is 1.22. The van der Waals surface area contributed by atoms with Crippen molar-refractivity contribution in [1.82, 2.24) is 5.32 Å². The zero-order chi connectivity index (χ0) is 23.7. The lowest BCUT2D eigenvalue weighted by molar-refractivity contribution is -0.384. The third-order valence-corrected chi connectivity index (χ3v) is 5.72. The van der Waals surface area contributed by atoms with Gasteiger partial charge < -0.3 is 14.8 Å². The van der Waals surface area contributed by atoms with Crippen molar-refractivity contribution in [1.29, 1.82) is 0 Å². The normalized spacial score (nSPS) is 22.9. The van der Waals surface area contributed by atoms with Crippen LogP contribution in [-0.2, 0) is 23.9 Å². The van der Waals surface area contributed by atoms with Crippen LogP contribution in [0.4, 0.5) is 5.69 Å². The Balaban J connectivity index is 2.22. The average molecular weight is 442 g/mol. The quantitative estimate of drug-likeness (QED) is 0.319. The van der Waals surface area contributed by atoms with Crippen molar-refractivity contribution in [2.75, 3.05) is 7.11 Å². The van der Waals surface area contributed by atoms with Crippen LogP contribution >= 0.6 is 0 Å². The zero-order valence-corrected chi connectivity index (χ0v) is 18.6. The number of methoxy groups -OCH3 is 1. The number of carbonyl (C=O) groups is 3. The van der Waals surface area contributed by atoms with Crippen molar-refractivity contribution in [2.45, 2.75) is 46.1 Å². The average Bonchev–Trinajstić information content (AvgIpc) is 2.71. The fourth-order valence-electron chi connectivity index (χ4n) is 4.38. The molecule has 170 valence electrons. The Kier molecular flexibility index (Phi) is 6.47. The first-order chi connectivity index (χ1) is 15.1. The number of nitro benzene ring substituents is 1. The number of hydrogen-bond donors (Lipinski definition) is 1. The first-order valence-corrected chi connectivity index (χ1v) is 10.3. The number of esters is 2. The van der Waals surface area contributed by atoms with E-state index < -0.39 is 40.6 Å². The second-order valence-electron chi connectivity index (χ2n) is 8.34. The molecule has 0 unspecified atom stereocenters. The van der Waals surface area contributed by atoms with Crippen LogP contribution in [0.3, 0.4) is 0 Å². The Bertz CT molecular complexity index is 1050. The van der Waals surface area contributed by atoms with Gasteiger partial charge in [0.15, 0.2) is 5.78 Å². The summed E-state index contributed by atoms with van der Waals surface area (Å²) in [6.45, 7) is 6.90. The molecule has 3 atom stereocenters. The summed E-state index contributed by atoms with van der Waals surface area (Å²) >= 11 is 0. The van der Waals surface area contributed by atoms with Gasteiger partial charge in [-0.2, -0.15) is 0 Å². The highest BCUT2D eigenvalue weighted by Crippen LogP contribution is 2.46. The number of hydrogen-bond acceptors (Lipinski definition) is 8. The van der Waals surface area contributed by atoms with E-state index in [2.05, 4.69) is 5.32 Å². The predicted octanol–water partition coefficient (Wildman–Crippen LogP) is 3.16. The summed E-state index contributed by atoms with van der Waals surface area (Å²) in [6, 6.07) is 5.81. The van der Waals surface area contributed by atoms with Gasteiger partial charge in [0.1, 0.15) is 5.92 Å². The SMILES string of the molecule is COC(=O)[C@H]1C(=O)C2=C(C[C@@H]1C)NC(C)=C(C(=O)OC(C)C)[C@H]2c1cccc([N+](=O)[O-])c1. The molecule has 0 amide bonds. The van der Waals surface area contributed by atoms with Gasteiger partial charge in [-0.25, -0.2) is 4.79 Å². The fourth-order valence-corrected chi connectivity index (χ4v) is 4.38. The summed E-state index contributed by atoms with van der Waals surface area (Å²) < 4.78 is 10.3. The van der Waals surface area contributed by atoms with Crippen molar-refractivity contribution in [3.8, 4) is 0 Å². The predicted molar refractivity (Wildman–Crippen MR) is 114 cm³/mol. The maximum atomic E-state index is 13.6. The van der Waals surface area contributed by atoms with Crippen LogP contribution < -0.4 is 5.32 Å². The Morgan fingerprint density at radius 2 is 1.97 bits per heavy atom. The van der Waals surface area contributed by atoms with E-state index in [4.69, 9.17) is 9.47 Å². The van der Waals surface area contributed by atoms with Crippen molar-refractivity contribution in [2.24, 2.45) is 11.8 Å². The highest BCUT2D eigenvalue weighted by molar-refractivity contribution is 6.12. The fraction of sp³-hybridized carbons (Fsp3) is 0.435. The molecule has 1 aromatic carbocycles. The molecule has 0 aromatic heterocycles. The summed E-state index contributed by atoms with van der Waals surface area (Å²) in [5.74, 6) is -3.99. The lowest BCUT2D eigenvalue weighted by atomic mass is 9.69. The lowest BCUT2D eigenvalue weighted by Gasteiger charge is -2.38. The minimum absolute atomic E-state index is 0.168. The Hall–Kier alpha value is -3.49. The molecule has 0 saturated heterocycles. The molecule has 9 nitrogen and oxygen atoms in total. The first-order valence-electron chi connectivity index (χ1n) is 10.3. The summed E-state index contributed by atoms with van der Waals surface area (Å²) in [5.41, 5.74) is 1.75. The van der Waals surface area contributed by atoms with E-state index in [1.807, 2.05) is 0 Å². The van der Waals surface area contributed by atoms with Crippen LogP contribution in [0.2, 0.25) is 0 Å². The molecule has 1 aromatic rings. The molecule has 9 heteroatoms. The Morgan fingerprint density at radius 1 is 1.28 bits per heavy atom. The van der Waals surface area contributed by atoms with E-state index in [1.165, 1.54) is 25.3 Å². The van der Waals surface area contributed by atoms with Crippen LogP contribution in [0.1, 0.15) is 45.6 Å². The monoisotopic (exact) mass is 442 g/mol. The second kappa shape index (κ2) is 8.94. The van der Waals surface area contributed by atoms with E-state index in [0.717, 1.165) is 0 Å². The van der Waals surface area contributed by atoms with Gasteiger partial charge in [-0.15, -0.1) is 0 Å². The number of nitrogens with one attached hydrogen (secondary N) is 1. The lowest BCUT2D eigenvalue weighted by Crippen LogP contribution is -2.43. The maximum Gasteiger partial charge on any atom is 0.337 e. The number of rotatable bonds is 5. The van der Waals surface area contributed by atoms with Gasteiger partial charge in [-0.05, 0) is 38.7 Å². The van der Waals surface area contributed by atoms with E-state index in [9.17, 15) is 24.5 Å². The molecule has 0 radical (unpaired) electrons. The third-order valence-electron chi connectivity index (χ3n) is 5.72. The van der Waals surface area contributed by atoms with Crippen LogP contribution in [-0.4, -0.2) is 35.9 Å². The molecule has 0 spiro atoms. The number of ketones is 1. The molecular weight excluding hydrogens is 416 g/mol. The van der Waals surface area contributed by atoms with E-state index >= 15 is 0 Å². The standard InChI is InChI=1S/C23H26N2O7/c1-11(2)32-23(28)18-13(4)24-16-9-12(3)17(22(27)31-5)21(26)20(16)19(18)14-7-6-8-15(10-14)25(29)30/h6-8,10-12,17,19,24H,9H2,1-5H3/t12-,17+,19+/m0/s1. The van der Waals surface area contributed by atoms with E-state index in [1.54, 1.807) is 33.8 Å². The molecule has 3 rings (SSSR count). The minimum Gasteiger partial charge on any atom is -0.468 e. The molecule has 0 fully saturated rings. The van der Waals surface area contributed by atoms with Crippen molar-refractivity contribution in [3.05, 3.63) is 62.5 Å². The van der Waals surface area contributed by atoms with Gasteiger partial charge in [-0.3, -0.25) is 19.7 Å². The van der Waals surface area contributed by atoms with Gasteiger partial charge in [-0.1, -0.05) is 19.1 Å². The number of allylic oxidation sites excluding steroid dienone is 3. The van der Waals surface area contributed by atoms with Gasteiger partial charge in [0.2, 0.25) is 0 Å². The Labute approximate surface area is 185 Å². The number of dihydropyridines is 1. The number of carbonyl (C=O) groups excluding carboxylic acids is 3. The van der Waals surface area contributed by atoms with Crippen molar-refractivity contribution in [3.63, 3.8) is 0 Å². The highest BCUT2D eigenvalue weighted by Gasteiger charge is 2.47. The third kappa shape index (κ3) is 4.15. The summed E-state index contributed by atoms with van der Waals surface area (Å²) in [5, 5.41) is 14.5. The van der Waals surface area contributed by atoms with Gasteiger partial charge >= 0.3 is 11.9 Å². The van der Waals surface area contributed by atoms with Crippen molar-refractivity contribution >= 4 is 23.4 Å². The highest BCUT2D eigenvalue weighted by atomic mass is 16.6. The molecular formula is C23H26N2O7. The number of nitro groups is 1. The van der Waals surface area contributed by atoms with Gasteiger partial charge in [0.25, 0.3) is 5.69 Å². The largest absolute Gasteiger partial charge is 0.468 e. The maximum absolute atomic E-state index is 13.6.